The lowest BCUT2D eigenvalue weighted by Gasteiger charge is -2.59. The average Bonchev–Trinajstić information content (AvgIpc) is 2.96. The van der Waals surface area contributed by atoms with E-state index in [2.05, 4.69) is 12.2 Å². The van der Waals surface area contributed by atoms with Crippen molar-refractivity contribution in [2.75, 3.05) is 23.9 Å². The third kappa shape index (κ3) is 4.53. The summed E-state index contributed by atoms with van der Waals surface area (Å²) in [7, 11) is -2.94. The minimum Gasteiger partial charge on any atom is -0.455 e. The third-order valence-corrected chi connectivity index (χ3v) is 10.6. The molecule has 158 valence electrons. The van der Waals surface area contributed by atoms with E-state index in [-0.39, 0.29) is 46.5 Å². The Hall–Kier alpha value is -0.760. The van der Waals surface area contributed by atoms with Crippen LogP contribution in [-0.4, -0.2) is 55.5 Å². The summed E-state index contributed by atoms with van der Waals surface area (Å²) in [5.41, 5.74) is 0.234. The van der Waals surface area contributed by atoms with Crippen molar-refractivity contribution in [3.8, 4) is 0 Å². The van der Waals surface area contributed by atoms with Gasteiger partial charge < -0.3 is 10.1 Å². The molecule has 8 heteroatoms. The Morgan fingerprint density at radius 1 is 1.14 bits per heavy atom. The Morgan fingerprint density at radius 3 is 2.29 bits per heavy atom. The highest BCUT2D eigenvalue weighted by Gasteiger charge is 2.53. The molecule has 0 aromatic carbocycles. The number of nitrogens with one attached hydrogen (secondary N) is 1. The summed E-state index contributed by atoms with van der Waals surface area (Å²) >= 11 is 1.31. The lowest BCUT2D eigenvalue weighted by atomic mass is 9.48. The SMILES string of the molecule is C[C@@H](NC(=O)COC(=O)CS[C@H]1CCS(=O)(=O)C1)C12CC3CC(CC(C3)C1)C2. The van der Waals surface area contributed by atoms with Gasteiger partial charge in [0, 0.05) is 11.3 Å². The summed E-state index contributed by atoms with van der Waals surface area (Å²) in [6.07, 6.45) is 8.37. The third-order valence-electron chi connectivity index (χ3n) is 7.37. The highest BCUT2D eigenvalue weighted by Crippen LogP contribution is 2.61. The first-order valence-electron chi connectivity index (χ1n) is 10.5. The summed E-state index contributed by atoms with van der Waals surface area (Å²) < 4.78 is 28.0. The molecule has 4 saturated carbocycles. The van der Waals surface area contributed by atoms with E-state index < -0.39 is 15.8 Å². The molecule has 0 spiro atoms. The first-order chi connectivity index (χ1) is 13.2. The van der Waals surface area contributed by atoms with E-state index in [1.54, 1.807) is 0 Å². The molecule has 1 heterocycles. The minimum absolute atomic E-state index is 0.0394. The van der Waals surface area contributed by atoms with Gasteiger partial charge in [-0.2, -0.15) is 0 Å². The monoisotopic (exact) mass is 429 g/mol. The second-order valence-electron chi connectivity index (χ2n) is 9.57. The molecular weight excluding hydrogens is 398 g/mol. The molecular formula is C20H31NO5S2. The summed E-state index contributed by atoms with van der Waals surface area (Å²) in [6, 6.07) is 0.116. The predicted molar refractivity (Wildman–Crippen MR) is 109 cm³/mol. The number of hydrogen-bond acceptors (Lipinski definition) is 6. The smallest absolute Gasteiger partial charge is 0.316 e. The second kappa shape index (κ2) is 7.82. The van der Waals surface area contributed by atoms with Gasteiger partial charge in [-0.25, -0.2) is 8.42 Å². The standard InChI is InChI=1S/C20H31NO5S2/c1-13(20-7-14-4-15(8-20)6-16(5-14)9-20)21-18(22)10-26-19(23)11-27-17-2-3-28(24,25)12-17/h13-17H,2-12H2,1H3,(H,21,22)/t13-,14?,15?,16?,17+,20?/m1/s1. The molecule has 1 N–H and O–H groups in total. The Morgan fingerprint density at radius 2 is 1.75 bits per heavy atom. The molecule has 4 bridgehead atoms. The number of esters is 1. The molecule has 2 atom stereocenters. The zero-order valence-electron chi connectivity index (χ0n) is 16.5. The fourth-order valence-corrected chi connectivity index (χ4v) is 9.85. The van der Waals surface area contributed by atoms with Gasteiger partial charge in [-0.1, -0.05) is 0 Å². The first-order valence-corrected chi connectivity index (χ1v) is 13.4. The topological polar surface area (TPSA) is 89.5 Å². The maximum atomic E-state index is 12.3. The molecule has 0 aromatic rings. The minimum atomic E-state index is -2.94. The van der Waals surface area contributed by atoms with E-state index in [1.807, 2.05) is 0 Å². The van der Waals surface area contributed by atoms with Crippen LogP contribution in [0, 0.1) is 23.2 Å². The van der Waals surface area contributed by atoms with Crippen molar-refractivity contribution in [2.45, 2.75) is 63.2 Å². The maximum Gasteiger partial charge on any atom is 0.316 e. The van der Waals surface area contributed by atoms with Crippen molar-refractivity contribution >= 4 is 33.5 Å². The van der Waals surface area contributed by atoms with Gasteiger partial charge in [-0.3, -0.25) is 9.59 Å². The average molecular weight is 430 g/mol. The van der Waals surface area contributed by atoms with Crippen molar-refractivity contribution in [3.05, 3.63) is 0 Å². The number of rotatable bonds is 7. The number of sulfone groups is 1. The normalized spacial score (nSPS) is 38.9. The lowest BCUT2D eigenvalue weighted by Crippen LogP contribution is -2.56. The number of carbonyl (C=O) groups excluding carboxylic acids is 2. The fraction of sp³-hybridized carbons (Fsp3) is 0.900. The molecule has 0 aromatic heterocycles. The molecule has 0 radical (unpaired) electrons. The number of hydrogen-bond donors (Lipinski definition) is 1. The zero-order chi connectivity index (χ0) is 19.9. The largest absolute Gasteiger partial charge is 0.455 e. The van der Waals surface area contributed by atoms with Crippen molar-refractivity contribution in [1.29, 1.82) is 0 Å². The molecule has 1 aliphatic heterocycles. The first kappa shape index (κ1) is 20.5. The van der Waals surface area contributed by atoms with Crippen LogP contribution in [0.3, 0.4) is 0 Å². The summed E-state index contributed by atoms with van der Waals surface area (Å²) in [4.78, 5) is 24.2. The van der Waals surface area contributed by atoms with Gasteiger partial charge in [-0.15, -0.1) is 11.8 Å². The van der Waals surface area contributed by atoms with Crippen molar-refractivity contribution in [1.82, 2.24) is 5.32 Å². The van der Waals surface area contributed by atoms with Gasteiger partial charge in [0.15, 0.2) is 16.4 Å². The van der Waals surface area contributed by atoms with E-state index in [1.165, 1.54) is 50.3 Å². The van der Waals surface area contributed by atoms with Crippen LogP contribution in [0.15, 0.2) is 0 Å². The number of carbonyl (C=O) groups is 2. The number of amides is 1. The van der Waals surface area contributed by atoms with Gasteiger partial charge >= 0.3 is 5.97 Å². The molecule has 1 amide bonds. The van der Waals surface area contributed by atoms with Crippen LogP contribution in [-0.2, 0) is 24.2 Å². The van der Waals surface area contributed by atoms with Gasteiger partial charge in [0.05, 0.1) is 17.3 Å². The number of thioether (sulfide) groups is 1. The van der Waals surface area contributed by atoms with Crippen LogP contribution in [0.2, 0.25) is 0 Å². The van der Waals surface area contributed by atoms with Crippen LogP contribution in [0.25, 0.3) is 0 Å². The Bertz CT molecular complexity index is 700. The Labute approximate surface area is 171 Å². The fourth-order valence-electron chi connectivity index (χ4n) is 6.41. The molecule has 4 aliphatic carbocycles. The Balaban J connectivity index is 1.19. The highest BCUT2D eigenvalue weighted by molar-refractivity contribution is 8.02. The number of ether oxygens (including phenoxy) is 1. The van der Waals surface area contributed by atoms with Crippen LogP contribution < -0.4 is 5.32 Å². The maximum absolute atomic E-state index is 12.3. The quantitative estimate of drug-likeness (QED) is 0.624. The van der Waals surface area contributed by atoms with Gasteiger partial charge in [0.2, 0.25) is 0 Å². The van der Waals surface area contributed by atoms with E-state index in [0.29, 0.717) is 6.42 Å². The van der Waals surface area contributed by atoms with E-state index in [4.69, 9.17) is 4.74 Å². The molecule has 5 aliphatic rings. The molecule has 28 heavy (non-hydrogen) atoms. The Kier molecular flexibility index (Phi) is 5.73. The molecule has 0 unspecified atom stereocenters. The summed E-state index contributed by atoms with van der Waals surface area (Å²) in [6.45, 7) is 1.86. The second-order valence-corrected chi connectivity index (χ2v) is 13.1. The van der Waals surface area contributed by atoms with Crippen molar-refractivity contribution in [3.63, 3.8) is 0 Å². The molecule has 1 saturated heterocycles. The van der Waals surface area contributed by atoms with Gasteiger partial charge in [-0.05, 0) is 75.0 Å². The molecule has 5 fully saturated rings. The highest BCUT2D eigenvalue weighted by atomic mass is 32.2. The van der Waals surface area contributed by atoms with Gasteiger partial charge in [0.1, 0.15) is 0 Å². The van der Waals surface area contributed by atoms with Crippen LogP contribution in [0.5, 0.6) is 0 Å². The van der Waals surface area contributed by atoms with Crippen LogP contribution in [0.4, 0.5) is 0 Å². The molecule has 6 nitrogen and oxygen atoms in total. The molecule has 5 rings (SSSR count). The van der Waals surface area contributed by atoms with E-state index in [9.17, 15) is 18.0 Å². The van der Waals surface area contributed by atoms with Crippen LogP contribution in [0.1, 0.15) is 51.9 Å². The van der Waals surface area contributed by atoms with Crippen LogP contribution >= 0.6 is 11.8 Å². The predicted octanol–water partition coefficient (Wildman–Crippen LogP) is 2.17. The summed E-state index contributed by atoms with van der Waals surface area (Å²) in [5, 5.41) is 3.06. The van der Waals surface area contributed by atoms with Crippen molar-refractivity contribution in [2.24, 2.45) is 23.2 Å². The zero-order valence-corrected chi connectivity index (χ0v) is 18.2. The van der Waals surface area contributed by atoms with E-state index in [0.717, 1.165) is 17.8 Å². The van der Waals surface area contributed by atoms with Crippen molar-refractivity contribution < 1.29 is 22.7 Å². The van der Waals surface area contributed by atoms with Gasteiger partial charge in [0.25, 0.3) is 5.91 Å². The van der Waals surface area contributed by atoms with E-state index >= 15 is 0 Å². The lowest BCUT2D eigenvalue weighted by molar-refractivity contribution is -0.147. The summed E-state index contributed by atoms with van der Waals surface area (Å²) in [5.74, 6) is 2.24.